The van der Waals surface area contributed by atoms with E-state index in [0.29, 0.717) is 45.5 Å². The van der Waals surface area contributed by atoms with Crippen molar-refractivity contribution in [2.75, 3.05) is 26.9 Å². The van der Waals surface area contributed by atoms with Crippen LogP contribution in [0.4, 0.5) is 0 Å². The van der Waals surface area contributed by atoms with Crippen LogP contribution in [0.2, 0.25) is 0 Å². The van der Waals surface area contributed by atoms with E-state index in [2.05, 4.69) is 16.5 Å². The molecule has 1 aromatic rings. The number of benzene rings is 1. The summed E-state index contributed by atoms with van der Waals surface area (Å²) in [4.78, 5) is 24.5. The standard InChI is InChI=1S/C33H44O8/c1-36-31(35)16-8-3-2-7-15-27-28(30(23-29(27)34)41-33-18-10-12-22-38-33)20-19-26(40-32-17-9-11-21-37-32)24-39-25-13-5-4-6-14-25/h3-7,13-14,19-20,26-28,30,32-33H,8-12,15-18,21-24H2,1H3/t2?,26?,27-,28-,30?,32?,33?/m1/s1. The van der Waals surface area contributed by atoms with Gasteiger partial charge in [0.1, 0.15) is 24.2 Å². The molecule has 8 nitrogen and oxygen atoms in total. The molecular formula is C33H44O8. The Morgan fingerprint density at radius 2 is 1.80 bits per heavy atom. The summed E-state index contributed by atoms with van der Waals surface area (Å²) in [7, 11) is 1.38. The fourth-order valence-corrected chi connectivity index (χ4v) is 5.41. The summed E-state index contributed by atoms with van der Waals surface area (Å²) in [5.74, 6) is 0.296. The Kier molecular flexibility index (Phi) is 13.1. The lowest BCUT2D eigenvalue weighted by atomic mass is 9.90. The average Bonchev–Trinajstić information content (AvgIpc) is 3.30. The number of para-hydroxylation sites is 1. The minimum absolute atomic E-state index is 0.142. The van der Waals surface area contributed by atoms with E-state index in [0.717, 1.165) is 44.3 Å². The fraction of sp³-hybridized carbons (Fsp3) is 0.606. The van der Waals surface area contributed by atoms with Gasteiger partial charge in [-0.1, -0.05) is 30.4 Å². The summed E-state index contributed by atoms with van der Waals surface area (Å²) in [6, 6.07) is 9.66. The highest BCUT2D eigenvalue weighted by Gasteiger charge is 2.42. The van der Waals surface area contributed by atoms with Gasteiger partial charge in [-0.2, -0.15) is 0 Å². The first-order chi connectivity index (χ1) is 20.1. The molecule has 0 amide bonds. The number of carbonyl (C=O) groups is 2. The van der Waals surface area contributed by atoms with Crippen molar-refractivity contribution in [2.24, 2.45) is 11.8 Å². The van der Waals surface area contributed by atoms with Crippen molar-refractivity contribution in [1.29, 1.82) is 0 Å². The molecule has 4 rings (SSSR count). The minimum Gasteiger partial charge on any atom is -0.491 e. The summed E-state index contributed by atoms with van der Waals surface area (Å²) in [5, 5.41) is 0. The smallest absolute Gasteiger partial charge is 0.305 e. The molecular weight excluding hydrogens is 524 g/mol. The molecule has 0 spiro atoms. The third-order valence-corrected chi connectivity index (χ3v) is 7.67. The molecule has 3 aliphatic rings. The average molecular weight is 569 g/mol. The molecule has 0 N–H and O–H groups in total. The lowest BCUT2D eigenvalue weighted by molar-refractivity contribution is -0.192. The first-order valence-electron chi connectivity index (χ1n) is 15.0. The first kappa shape index (κ1) is 31.2. The quantitative estimate of drug-likeness (QED) is 0.160. The second-order valence-electron chi connectivity index (χ2n) is 10.7. The maximum atomic E-state index is 13.2. The van der Waals surface area contributed by atoms with E-state index in [9.17, 15) is 9.59 Å². The van der Waals surface area contributed by atoms with Crippen LogP contribution >= 0.6 is 0 Å². The monoisotopic (exact) mass is 568 g/mol. The van der Waals surface area contributed by atoms with Crippen LogP contribution in [0, 0.1) is 11.8 Å². The molecule has 224 valence electrons. The zero-order valence-corrected chi connectivity index (χ0v) is 24.1. The number of methoxy groups -OCH3 is 1. The molecule has 2 saturated heterocycles. The highest BCUT2D eigenvalue weighted by molar-refractivity contribution is 5.85. The molecule has 3 fully saturated rings. The lowest BCUT2D eigenvalue weighted by Crippen LogP contribution is -2.32. The maximum Gasteiger partial charge on any atom is 0.305 e. The van der Waals surface area contributed by atoms with E-state index >= 15 is 0 Å². The number of esters is 1. The molecule has 4 unspecified atom stereocenters. The van der Waals surface area contributed by atoms with Gasteiger partial charge >= 0.3 is 5.97 Å². The topological polar surface area (TPSA) is 89.5 Å². The fourth-order valence-electron chi connectivity index (χ4n) is 5.41. The number of hydrogen-bond donors (Lipinski definition) is 0. The van der Waals surface area contributed by atoms with Gasteiger partial charge in [0, 0.05) is 37.9 Å². The van der Waals surface area contributed by atoms with Gasteiger partial charge in [0.05, 0.1) is 13.2 Å². The maximum absolute atomic E-state index is 13.2. The summed E-state index contributed by atoms with van der Waals surface area (Å²) in [5.41, 5.74) is 3.13. The zero-order valence-electron chi connectivity index (χ0n) is 24.1. The van der Waals surface area contributed by atoms with Crippen molar-refractivity contribution in [3.8, 4) is 5.75 Å². The normalized spacial score (nSPS) is 27.2. The van der Waals surface area contributed by atoms with Gasteiger partial charge in [-0.3, -0.25) is 9.59 Å². The van der Waals surface area contributed by atoms with E-state index in [-0.39, 0.29) is 48.4 Å². The molecule has 0 radical (unpaired) electrons. The van der Waals surface area contributed by atoms with Crippen LogP contribution < -0.4 is 4.74 Å². The molecule has 41 heavy (non-hydrogen) atoms. The third kappa shape index (κ3) is 10.6. The predicted octanol–water partition coefficient (Wildman–Crippen LogP) is 5.71. The van der Waals surface area contributed by atoms with Crippen molar-refractivity contribution in [1.82, 2.24) is 0 Å². The Balaban J connectivity index is 1.46. The van der Waals surface area contributed by atoms with Crippen LogP contribution in [0.1, 0.15) is 64.2 Å². The number of rotatable bonds is 14. The van der Waals surface area contributed by atoms with Crippen LogP contribution in [0.5, 0.6) is 5.75 Å². The van der Waals surface area contributed by atoms with Crippen molar-refractivity contribution in [2.45, 2.75) is 89.0 Å². The summed E-state index contributed by atoms with van der Waals surface area (Å²) in [6.07, 6.45) is 14.2. The van der Waals surface area contributed by atoms with Gasteiger partial charge in [0.15, 0.2) is 12.6 Å². The Morgan fingerprint density at radius 1 is 1.05 bits per heavy atom. The number of hydrogen-bond acceptors (Lipinski definition) is 8. The molecule has 1 saturated carbocycles. The summed E-state index contributed by atoms with van der Waals surface area (Å²) >= 11 is 0. The SMILES string of the molecule is COC(=O)CCC=C=CC[C@H]1C(=O)CC(OC2CCCCO2)[C@@H]1C=CC(COc1ccccc1)OC1CCCCO1. The second kappa shape index (κ2) is 17.3. The number of ketones is 1. The van der Waals surface area contributed by atoms with E-state index in [1.54, 1.807) is 6.08 Å². The molecule has 8 heteroatoms. The zero-order chi connectivity index (χ0) is 28.7. The summed E-state index contributed by atoms with van der Waals surface area (Å²) in [6.45, 7) is 1.70. The summed E-state index contributed by atoms with van der Waals surface area (Å²) < 4.78 is 35.1. The molecule has 2 heterocycles. The van der Waals surface area contributed by atoms with E-state index in [4.69, 9.17) is 23.7 Å². The highest BCUT2D eigenvalue weighted by atomic mass is 16.7. The van der Waals surface area contributed by atoms with E-state index in [1.807, 2.05) is 42.5 Å². The van der Waals surface area contributed by atoms with Crippen LogP contribution in [-0.4, -0.2) is 63.5 Å². The molecule has 1 aromatic carbocycles. The Hall–Kier alpha value is -2.74. The molecule has 6 atom stereocenters. The molecule has 1 aliphatic carbocycles. The largest absolute Gasteiger partial charge is 0.491 e. The lowest BCUT2D eigenvalue weighted by Gasteiger charge is -2.29. The molecule has 2 aliphatic heterocycles. The Labute approximate surface area is 243 Å². The number of allylic oxidation sites excluding steroid dienone is 1. The van der Waals surface area contributed by atoms with Gasteiger partial charge in [-0.15, -0.1) is 5.73 Å². The Morgan fingerprint density at radius 3 is 2.51 bits per heavy atom. The Bertz CT molecular complexity index is 1020. The number of ether oxygens (including phenoxy) is 6. The van der Waals surface area contributed by atoms with E-state index in [1.165, 1.54) is 7.11 Å². The van der Waals surface area contributed by atoms with Crippen LogP contribution in [0.3, 0.4) is 0 Å². The highest BCUT2D eigenvalue weighted by Crippen LogP contribution is 2.37. The van der Waals surface area contributed by atoms with Crippen LogP contribution in [0.25, 0.3) is 0 Å². The van der Waals surface area contributed by atoms with Crippen LogP contribution in [-0.2, 0) is 33.3 Å². The van der Waals surface area contributed by atoms with Gasteiger partial charge in [0.2, 0.25) is 0 Å². The van der Waals surface area contributed by atoms with Crippen LogP contribution in [0.15, 0.2) is 60.4 Å². The number of Topliss-reactive ketones (excluding diaryl/α,β-unsaturated/α-hetero) is 1. The molecule has 0 aromatic heterocycles. The van der Waals surface area contributed by atoms with Crippen molar-refractivity contribution >= 4 is 11.8 Å². The first-order valence-corrected chi connectivity index (χ1v) is 15.0. The van der Waals surface area contributed by atoms with Gasteiger partial charge in [0.25, 0.3) is 0 Å². The van der Waals surface area contributed by atoms with E-state index < -0.39 is 0 Å². The van der Waals surface area contributed by atoms with Crippen molar-refractivity contribution in [3.63, 3.8) is 0 Å². The second-order valence-corrected chi connectivity index (χ2v) is 10.7. The minimum atomic E-state index is -0.352. The molecule has 0 bridgehead atoms. The van der Waals surface area contributed by atoms with Gasteiger partial charge < -0.3 is 28.4 Å². The number of carbonyl (C=O) groups excluding carboxylic acids is 2. The third-order valence-electron chi connectivity index (χ3n) is 7.67. The van der Waals surface area contributed by atoms with Crippen molar-refractivity contribution < 1.29 is 38.0 Å². The van der Waals surface area contributed by atoms with Gasteiger partial charge in [-0.05, 0) is 75.7 Å². The van der Waals surface area contributed by atoms with Crippen molar-refractivity contribution in [3.05, 3.63) is 60.4 Å². The predicted molar refractivity (Wildman–Crippen MR) is 153 cm³/mol. The van der Waals surface area contributed by atoms with Gasteiger partial charge in [-0.25, -0.2) is 0 Å².